The monoisotopic (exact) mass is 461 g/mol. The first-order valence-corrected chi connectivity index (χ1v) is 12.6. The molecular formula is C26H35N7O. The van der Waals surface area contributed by atoms with Gasteiger partial charge in [-0.25, -0.2) is 0 Å². The van der Waals surface area contributed by atoms with Crippen molar-refractivity contribution in [3.63, 3.8) is 0 Å². The van der Waals surface area contributed by atoms with Crippen LogP contribution in [0, 0.1) is 12.8 Å². The van der Waals surface area contributed by atoms with Crippen LogP contribution < -0.4 is 10.2 Å². The summed E-state index contributed by atoms with van der Waals surface area (Å²) in [5, 5.41) is 16.4. The van der Waals surface area contributed by atoms with Crippen LogP contribution in [0.5, 0.6) is 0 Å². The van der Waals surface area contributed by atoms with Crippen molar-refractivity contribution in [1.29, 1.82) is 0 Å². The summed E-state index contributed by atoms with van der Waals surface area (Å²) >= 11 is 0. The minimum absolute atomic E-state index is 0.0703. The number of aromatic nitrogens is 4. The molecule has 3 aromatic rings. The average molecular weight is 462 g/mol. The quantitative estimate of drug-likeness (QED) is 0.556. The second kappa shape index (κ2) is 10.5. The second-order valence-corrected chi connectivity index (χ2v) is 9.80. The number of benzene rings is 1. The summed E-state index contributed by atoms with van der Waals surface area (Å²) < 4.78 is 1.80. The lowest BCUT2D eigenvalue weighted by Gasteiger charge is -2.27. The van der Waals surface area contributed by atoms with E-state index in [1.165, 1.54) is 30.4 Å². The number of aryl methyl sites for hydroxylation is 2. The van der Waals surface area contributed by atoms with E-state index < -0.39 is 0 Å². The van der Waals surface area contributed by atoms with Crippen LogP contribution in [0.15, 0.2) is 36.4 Å². The zero-order chi connectivity index (χ0) is 23.3. The predicted octanol–water partition coefficient (Wildman–Crippen LogP) is 2.99. The number of nitrogens with one attached hydrogen (secondary N) is 1. The third kappa shape index (κ3) is 5.55. The fourth-order valence-corrected chi connectivity index (χ4v) is 5.02. The van der Waals surface area contributed by atoms with Crippen LogP contribution in [-0.2, 0) is 17.8 Å². The minimum atomic E-state index is 0.0703. The van der Waals surface area contributed by atoms with Crippen molar-refractivity contribution in [1.82, 2.24) is 30.0 Å². The Labute approximate surface area is 201 Å². The van der Waals surface area contributed by atoms with E-state index in [2.05, 4.69) is 56.5 Å². The van der Waals surface area contributed by atoms with E-state index in [-0.39, 0.29) is 5.91 Å². The molecule has 1 aromatic carbocycles. The summed E-state index contributed by atoms with van der Waals surface area (Å²) in [6.45, 7) is 8.05. The van der Waals surface area contributed by atoms with Crippen LogP contribution in [0.4, 0.5) is 5.82 Å². The van der Waals surface area contributed by atoms with Crippen molar-refractivity contribution in [2.45, 2.75) is 52.0 Å². The Bertz CT molecular complexity index is 1100. The number of likely N-dealkylation sites (tertiary alicyclic amines) is 1. The lowest BCUT2D eigenvalue weighted by Crippen LogP contribution is -2.31. The Morgan fingerprint density at radius 3 is 2.68 bits per heavy atom. The average Bonchev–Trinajstić information content (AvgIpc) is 3.49. The fraction of sp³-hybridized carbons (Fsp3) is 0.538. The molecule has 1 atom stereocenters. The van der Waals surface area contributed by atoms with Gasteiger partial charge < -0.3 is 10.2 Å². The highest BCUT2D eigenvalue weighted by molar-refractivity contribution is 5.76. The smallest absolute Gasteiger partial charge is 0.220 e. The Hall–Kier alpha value is -3.00. The normalized spacial score (nSPS) is 19.1. The van der Waals surface area contributed by atoms with Crippen LogP contribution in [0.1, 0.15) is 49.1 Å². The van der Waals surface area contributed by atoms with Crippen molar-refractivity contribution in [2.24, 2.45) is 5.92 Å². The molecule has 0 aliphatic carbocycles. The van der Waals surface area contributed by atoms with Crippen LogP contribution in [0.3, 0.4) is 0 Å². The molecule has 5 rings (SSSR count). The zero-order valence-electron chi connectivity index (χ0n) is 20.1. The molecule has 2 aromatic heterocycles. The molecule has 2 aliphatic heterocycles. The topological polar surface area (TPSA) is 78.7 Å². The molecule has 2 saturated heterocycles. The van der Waals surface area contributed by atoms with Gasteiger partial charge in [-0.15, -0.1) is 15.3 Å². The van der Waals surface area contributed by atoms with E-state index >= 15 is 0 Å². The summed E-state index contributed by atoms with van der Waals surface area (Å²) in [6.07, 6.45) is 5.77. The molecule has 0 radical (unpaired) electrons. The van der Waals surface area contributed by atoms with Gasteiger partial charge in [-0.05, 0) is 62.8 Å². The number of amides is 1. The number of fused-ring (bicyclic) bond motifs is 1. The number of rotatable bonds is 8. The van der Waals surface area contributed by atoms with E-state index in [1.54, 1.807) is 4.52 Å². The number of hydrogen-bond donors (Lipinski definition) is 1. The van der Waals surface area contributed by atoms with Gasteiger partial charge in [-0.2, -0.15) is 4.52 Å². The minimum Gasteiger partial charge on any atom is -0.356 e. The largest absolute Gasteiger partial charge is 0.356 e. The van der Waals surface area contributed by atoms with Crippen LogP contribution in [-0.4, -0.2) is 63.3 Å². The first-order valence-electron chi connectivity index (χ1n) is 12.6. The molecule has 0 saturated carbocycles. The highest BCUT2D eigenvalue weighted by Gasteiger charge is 2.23. The lowest BCUT2D eigenvalue weighted by molar-refractivity contribution is -0.121. The lowest BCUT2D eigenvalue weighted by atomic mass is 10.1. The first kappa shape index (κ1) is 22.8. The summed E-state index contributed by atoms with van der Waals surface area (Å²) in [5.41, 5.74) is 3.38. The maximum atomic E-state index is 12.5. The molecule has 4 heterocycles. The summed E-state index contributed by atoms with van der Waals surface area (Å²) in [7, 11) is 0. The van der Waals surface area contributed by atoms with Gasteiger partial charge >= 0.3 is 0 Å². The van der Waals surface area contributed by atoms with Crippen LogP contribution >= 0.6 is 0 Å². The highest BCUT2D eigenvalue weighted by atomic mass is 16.1. The van der Waals surface area contributed by atoms with E-state index in [4.69, 9.17) is 5.10 Å². The Morgan fingerprint density at radius 1 is 1.03 bits per heavy atom. The number of hydrogen-bond acceptors (Lipinski definition) is 6. The molecule has 0 spiro atoms. The van der Waals surface area contributed by atoms with E-state index in [9.17, 15) is 4.79 Å². The molecule has 180 valence electrons. The number of anilines is 1. The van der Waals surface area contributed by atoms with Crippen LogP contribution in [0.2, 0.25) is 0 Å². The molecule has 2 aliphatic rings. The summed E-state index contributed by atoms with van der Waals surface area (Å²) in [6, 6.07) is 12.8. The third-order valence-electron chi connectivity index (χ3n) is 7.05. The standard InChI is InChI=1S/C26H35N7O/c1-20-5-7-21(8-6-20)18-31-16-13-22(19-31)17-27-26(34)12-11-24-29-28-23-9-10-25(30-33(23)24)32-14-3-2-4-15-32/h5-10,22H,2-4,11-19H2,1H3,(H,27,34)/t22-/m1/s1. The van der Waals surface area contributed by atoms with Crippen molar-refractivity contribution in [3.8, 4) is 0 Å². The molecule has 0 unspecified atom stereocenters. The zero-order valence-corrected chi connectivity index (χ0v) is 20.1. The SMILES string of the molecule is Cc1ccc(CN2CC[C@H](CNC(=O)CCc3nnc4ccc(N5CCCCC5)nn34)C2)cc1. The van der Waals surface area contributed by atoms with Gasteiger partial charge in [0.2, 0.25) is 5.91 Å². The number of piperidine rings is 1. The molecule has 1 N–H and O–H groups in total. The highest BCUT2D eigenvalue weighted by Crippen LogP contribution is 2.19. The van der Waals surface area contributed by atoms with Gasteiger partial charge in [0.15, 0.2) is 11.5 Å². The predicted molar refractivity (Wildman–Crippen MR) is 133 cm³/mol. The Morgan fingerprint density at radius 2 is 1.85 bits per heavy atom. The van der Waals surface area contributed by atoms with Gasteiger partial charge in [0, 0.05) is 45.6 Å². The van der Waals surface area contributed by atoms with E-state index in [1.807, 2.05) is 12.1 Å². The molecule has 2 fully saturated rings. The number of nitrogens with zero attached hydrogens (tertiary/aromatic N) is 6. The first-order chi connectivity index (χ1) is 16.6. The van der Waals surface area contributed by atoms with Crippen molar-refractivity contribution >= 4 is 17.4 Å². The van der Waals surface area contributed by atoms with Gasteiger partial charge in [0.05, 0.1) is 0 Å². The van der Waals surface area contributed by atoms with Crippen LogP contribution in [0.25, 0.3) is 5.65 Å². The van der Waals surface area contributed by atoms with E-state index in [0.717, 1.165) is 63.0 Å². The van der Waals surface area contributed by atoms with E-state index in [0.29, 0.717) is 18.8 Å². The maximum Gasteiger partial charge on any atom is 0.220 e. The molecule has 0 bridgehead atoms. The van der Waals surface area contributed by atoms with Gasteiger partial charge in [-0.3, -0.25) is 9.69 Å². The van der Waals surface area contributed by atoms with Crippen molar-refractivity contribution in [2.75, 3.05) is 37.6 Å². The van der Waals surface area contributed by atoms with Crippen molar-refractivity contribution in [3.05, 3.63) is 53.3 Å². The molecule has 34 heavy (non-hydrogen) atoms. The Balaban J connectivity index is 1.09. The Kier molecular flexibility index (Phi) is 7.04. The molecular weight excluding hydrogens is 426 g/mol. The van der Waals surface area contributed by atoms with Crippen molar-refractivity contribution < 1.29 is 4.79 Å². The third-order valence-corrected chi connectivity index (χ3v) is 7.05. The number of carbonyl (C=O) groups is 1. The maximum absolute atomic E-state index is 12.5. The second-order valence-electron chi connectivity index (χ2n) is 9.80. The molecule has 1 amide bonds. The summed E-state index contributed by atoms with van der Waals surface area (Å²) in [4.78, 5) is 17.3. The fourth-order valence-electron chi connectivity index (χ4n) is 5.02. The number of carbonyl (C=O) groups excluding carboxylic acids is 1. The van der Waals surface area contributed by atoms with Gasteiger partial charge in [0.25, 0.3) is 0 Å². The summed E-state index contributed by atoms with van der Waals surface area (Å²) in [5.74, 6) is 2.29. The van der Waals surface area contributed by atoms with Gasteiger partial charge in [0.1, 0.15) is 5.82 Å². The van der Waals surface area contributed by atoms with Gasteiger partial charge in [-0.1, -0.05) is 29.8 Å². The molecule has 8 heteroatoms. The molecule has 8 nitrogen and oxygen atoms in total.